The number of ether oxygens (including phenoxy) is 6. The maximum absolute atomic E-state index is 14.3. The van der Waals surface area contributed by atoms with Crippen LogP contribution in [0.2, 0.25) is 0 Å². The van der Waals surface area contributed by atoms with E-state index < -0.39 is 54.3 Å². The van der Waals surface area contributed by atoms with E-state index in [-0.39, 0.29) is 61.5 Å². The Morgan fingerprint density at radius 2 is 1.54 bits per heavy atom. The Hall–Kier alpha value is -6.20. The summed E-state index contributed by atoms with van der Waals surface area (Å²) in [7, 11) is 3.26. The SMILES string of the molecule is CCCCC(=O)N(Cc1ccc(-c2ccccc2C2=NN=NC2)cc1)C(C(=O)OCOC(=O)N1CO[C@@H](C[C@H](C(=O)CCC(C)(C)C(N)=O)C(C)C)[C@@H]1C[C@H](Cc1ccc(OC)c(OCCCOC)c1)C(C)C)C(C)C. The molecule has 0 bridgehead atoms. The molecule has 2 N–H and O–H groups in total. The summed E-state index contributed by atoms with van der Waals surface area (Å²) in [5, 5.41) is 12.0. The van der Waals surface area contributed by atoms with Gasteiger partial charge in [-0.05, 0) is 95.4 Å². The van der Waals surface area contributed by atoms with Crippen molar-refractivity contribution in [1.82, 2.24) is 9.80 Å². The highest BCUT2D eigenvalue weighted by Crippen LogP contribution is 2.37. The van der Waals surface area contributed by atoms with E-state index in [9.17, 15) is 24.0 Å². The number of nitrogens with zero attached hydrogens (tertiary/aromatic N) is 5. The van der Waals surface area contributed by atoms with E-state index in [0.717, 1.165) is 39.9 Å². The molecule has 2 heterocycles. The summed E-state index contributed by atoms with van der Waals surface area (Å²) in [6, 6.07) is 20.2. The van der Waals surface area contributed by atoms with Gasteiger partial charge in [0.15, 0.2) is 11.5 Å². The molecule has 3 amide bonds. The maximum atomic E-state index is 14.3. The molecule has 17 heteroatoms. The lowest BCUT2D eigenvalue weighted by atomic mass is 9.78. The van der Waals surface area contributed by atoms with Gasteiger partial charge in [-0.2, -0.15) is 5.11 Å². The molecule has 5 atom stereocenters. The van der Waals surface area contributed by atoms with Crippen molar-refractivity contribution in [3.63, 3.8) is 0 Å². The predicted octanol–water partition coefficient (Wildman–Crippen LogP) is 10.6. The number of amides is 3. The zero-order valence-corrected chi connectivity index (χ0v) is 46.9. The minimum atomic E-state index is -0.983. The van der Waals surface area contributed by atoms with Gasteiger partial charge in [0.25, 0.3) is 0 Å². The van der Waals surface area contributed by atoms with Gasteiger partial charge in [0, 0.05) is 56.4 Å². The van der Waals surface area contributed by atoms with Crippen molar-refractivity contribution in [3.8, 4) is 22.6 Å². The first-order chi connectivity index (χ1) is 36.3. The van der Waals surface area contributed by atoms with E-state index in [1.54, 1.807) is 33.0 Å². The van der Waals surface area contributed by atoms with Crippen molar-refractivity contribution in [2.45, 2.75) is 145 Å². The quantitative estimate of drug-likeness (QED) is 0.0364. The summed E-state index contributed by atoms with van der Waals surface area (Å²) in [5.74, 6) is -0.769. The van der Waals surface area contributed by atoms with Gasteiger partial charge < -0.3 is 39.1 Å². The second-order valence-corrected chi connectivity index (χ2v) is 21.8. The van der Waals surface area contributed by atoms with Crippen LogP contribution in [-0.2, 0) is 51.1 Å². The fourth-order valence-corrected chi connectivity index (χ4v) is 9.80. The largest absolute Gasteiger partial charge is 0.493 e. The molecule has 0 aromatic heterocycles. The van der Waals surface area contributed by atoms with Gasteiger partial charge in [-0.15, -0.1) is 5.10 Å². The number of nitrogens with two attached hydrogens (primary N) is 1. The monoisotopic (exact) mass is 1050 g/mol. The van der Waals surface area contributed by atoms with E-state index >= 15 is 0 Å². The Kier molecular flexibility index (Phi) is 23.4. The Balaban J connectivity index is 1.35. The molecule has 2 aliphatic heterocycles. The number of hydrogen-bond acceptors (Lipinski definition) is 14. The molecule has 0 radical (unpaired) electrons. The molecule has 3 aromatic carbocycles. The van der Waals surface area contributed by atoms with E-state index in [4.69, 9.17) is 34.2 Å². The summed E-state index contributed by atoms with van der Waals surface area (Å²) in [4.78, 5) is 71.8. The number of rotatable bonds is 31. The molecule has 1 unspecified atom stereocenters. The lowest BCUT2D eigenvalue weighted by Gasteiger charge is -2.33. The number of hydrogen-bond donors (Lipinski definition) is 1. The highest BCUT2D eigenvalue weighted by Gasteiger charge is 2.44. The Morgan fingerprint density at radius 3 is 2.16 bits per heavy atom. The second kappa shape index (κ2) is 29.4. The minimum Gasteiger partial charge on any atom is -0.493 e. The first-order valence-electron chi connectivity index (χ1n) is 27.0. The number of methoxy groups -OCH3 is 2. The lowest BCUT2D eigenvalue weighted by Crippen LogP contribution is -2.48. The molecule has 2 aliphatic rings. The molecule has 17 nitrogen and oxygen atoms in total. The normalized spacial score (nSPS) is 16.7. The molecule has 76 heavy (non-hydrogen) atoms. The molecule has 0 aliphatic carbocycles. The first-order valence-corrected chi connectivity index (χ1v) is 27.0. The van der Waals surface area contributed by atoms with Crippen molar-refractivity contribution in [1.29, 1.82) is 0 Å². The number of benzene rings is 3. The maximum Gasteiger partial charge on any atom is 0.414 e. The number of ketones is 1. The van der Waals surface area contributed by atoms with Gasteiger partial charge >= 0.3 is 12.1 Å². The van der Waals surface area contributed by atoms with Gasteiger partial charge in [-0.3, -0.25) is 19.3 Å². The van der Waals surface area contributed by atoms with Crippen LogP contribution in [0.4, 0.5) is 4.79 Å². The topological polar surface area (TPSA) is 210 Å². The summed E-state index contributed by atoms with van der Waals surface area (Å²) in [5.41, 5.74) is 10.3. The molecule has 416 valence electrons. The number of carbonyl (C=O) groups is 5. The van der Waals surface area contributed by atoms with Crippen LogP contribution in [0.3, 0.4) is 0 Å². The minimum absolute atomic E-state index is 0.000243. The Morgan fingerprint density at radius 1 is 0.829 bits per heavy atom. The van der Waals surface area contributed by atoms with Crippen LogP contribution in [0.5, 0.6) is 11.5 Å². The summed E-state index contributed by atoms with van der Waals surface area (Å²) in [6.07, 6.45) is 3.07. The summed E-state index contributed by atoms with van der Waals surface area (Å²) < 4.78 is 34.9. The molecule has 5 rings (SSSR count). The number of carbonyl (C=O) groups excluding carboxylic acids is 5. The van der Waals surface area contributed by atoms with Crippen molar-refractivity contribution < 1.29 is 52.4 Å². The third-order valence-electron chi connectivity index (χ3n) is 14.8. The van der Waals surface area contributed by atoms with Crippen LogP contribution in [0.1, 0.15) is 130 Å². The molecule has 0 saturated carbocycles. The summed E-state index contributed by atoms with van der Waals surface area (Å²) >= 11 is 0. The number of unbranched alkanes of at least 4 members (excludes halogenated alkanes) is 1. The van der Waals surface area contributed by atoms with Crippen molar-refractivity contribution in [2.24, 2.45) is 56.2 Å². The third kappa shape index (κ3) is 16.9. The van der Waals surface area contributed by atoms with Gasteiger partial charge in [0.05, 0.1) is 31.6 Å². The predicted molar refractivity (Wildman–Crippen MR) is 291 cm³/mol. The van der Waals surface area contributed by atoms with Crippen LogP contribution in [0.15, 0.2) is 82.2 Å². The zero-order chi connectivity index (χ0) is 55.5. The smallest absolute Gasteiger partial charge is 0.414 e. The van der Waals surface area contributed by atoms with E-state index in [0.29, 0.717) is 69.8 Å². The Labute approximate surface area is 450 Å². The van der Waals surface area contributed by atoms with Crippen LogP contribution >= 0.6 is 0 Å². The Bertz CT molecular complexity index is 2460. The standard InChI is InChI=1S/C59H84N6O11/c1-12-13-19-54(67)64(35-41-20-23-43(24-21-41)45-17-14-15-18-46(45)48-34-61-63-62-48)55(40(6)7)56(68)75-37-76-58(70)65-36-74-52(33-47(39(4)5)50(66)26-27-59(8,9)57(60)69)49(65)32-44(38(2)3)30-42-22-25-51(72-11)53(31-42)73-29-16-28-71-10/h14-15,17-18,20-25,31,38-40,44,47,49,52,55H,12-13,16,19,26-30,32-37H2,1-11H3,(H2,60,69)/t44-,47-,49-,52-,55?/m0/s1. The van der Waals surface area contributed by atoms with Crippen LogP contribution in [0, 0.1) is 35.0 Å². The average molecular weight is 1050 g/mol. The van der Waals surface area contributed by atoms with Gasteiger partial charge in [-0.25, -0.2) is 9.59 Å². The highest BCUT2D eigenvalue weighted by molar-refractivity contribution is 6.07. The second-order valence-electron chi connectivity index (χ2n) is 21.8. The van der Waals surface area contributed by atoms with Crippen molar-refractivity contribution in [3.05, 3.63) is 83.4 Å². The first kappa shape index (κ1) is 60.7. The lowest BCUT2D eigenvalue weighted by molar-refractivity contribution is -0.165. The van der Waals surface area contributed by atoms with Crippen molar-refractivity contribution >= 4 is 35.4 Å². The third-order valence-corrected chi connectivity index (χ3v) is 14.8. The van der Waals surface area contributed by atoms with Gasteiger partial charge in [0.1, 0.15) is 25.1 Å². The fraction of sp³-hybridized carbons (Fsp3) is 0.593. The zero-order valence-electron chi connectivity index (χ0n) is 46.9. The summed E-state index contributed by atoms with van der Waals surface area (Å²) in [6.45, 7) is 18.2. The number of primary amides is 1. The van der Waals surface area contributed by atoms with Crippen LogP contribution < -0.4 is 15.2 Å². The van der Waals surface area contributed by atoms with Gasteiger partial charge in [-0.1, -0.05) is 123 Å². The highest BCUT2D eigenvalue weighted by atomic mass is 16.7. The van der Waals surface area contributed by atoms with Gasteiger partial charge in [0.2, 0.25) is 18.6 Å². The molecule has 1 fully saturated rings. The number of esters is 1. The number of Topliss-reactive ketones (excluding diaryl/α,β-unsaturated/α-hetero) is 1. The molecule has 0 spiro atoms. The van der Waals surface area contributed by atoms with Crippen LogP contribution in [0.25, 0.3) is 11.1 Å². The fourth-order valence-electron chi connectivity index (χ4n) is 9.80. The van der Waals surface area contributed by atoms with E-state index in [1.165, 1.54) is 4.90 Å². The molecular formula is C59H84N6O11. The molecular weight excluding hydrogens is 969 g/mol. The van der Waals surface area contributed by atoms with E-state index in [2.05, 4.69) is 29.3 Å². The van der Waals surface area contributed by atoms with Crippen molar-refractivity contribution in [2.75, 3.05) is 47.5 Å². The molecule has 3 aromatic rings. The average Bonchev–Trinajstić information content (AvgIpc) is 4.08. The van der Waals surface area contributed by atoms with E-state index in [1.807, 2.05) is 101 Å². The molecule has 1 saturated heterocycles. The van der Waals surface area contributed by atoms with Crippen LogP contribution in [-0.4, -0.2) is 111 Å².